The molecule has 0 amide bonds. The van der Waals surface area contributed by atoms with E-state index in [2.05, 4.69) is 9.69 Å². The summed E-state index contributed by atoms with van der Waals surface area (Å²) in [6.45, 7) is 2.61. The van der Waals surface area contributed by atoms with Crippen LogP contribution in [0.25, 0.3) is 0 Å². The van der Waals surface area contributed by atoms with Crippen molar-refractivity contribution in [1.82, 2.24) is 4.37 Å². The van der Waals surface area contributed by atoms with Crippen LogP contribution in [0.1, 0.15) is 11.3 Å². The molecule has 0 saturated carbocycles. The molecular formula is C12H14N2O2S2. The quantitative estimate of drug-likeness (QED) is 0.936. The number of benzene rings is 1. The second-order valence-corrected chi connectivity index (χ2v) is 6.73. The number of hydrogen-bond donors (Lipinski definition) is 1. The van der Waals surface area contributed by atoms with Gasteiger partial charge in [-0.1, -0.05) is 12.1 Å². The number of anilines is 1. The third-order valence-electron chi connectivity index (χ3n) is 2.58. The summed E-state index contributed by atoms with van der Waals surface area (Å²) < 4.78 is 26.8. The molecule has 1 aromatic carbocycles. The second kappa shape index (κ2) is 5.07. The Morgan fingerprint density at radius 3 is 2.44 bits per heavy atom. The Hall–Kier alpha value is -1.40. The molecule has 2 rings (SSSR count). The standard InChI is InChI=1S/C12H14N2O2S2/c1-9-12(8-17-14-9)13-7-10-3-5-11(6-4-10)18(2,15)16/h3-6,8,13H,7H2,1-2H3. The monoisotopic (exact) mass is 282 g/mol. The number of nitrogens with zero attached hydrogens (tertiary/aromatic N) is 1. The van der Waals surface area contributed by atoms with Gasteiger partial charge < -0.3 is 5.32 Å². The normalized spacial score (nSPS) is 11.4. The fourth-order valence-corrected chi connectivity index (χ4v) is 2.81. The molecule has 96 valence electrons. The van der Waals surface area contributed by atoms with Gasteiger partial charge in [-0.2, -0.15) is 4.37 Å². The average Bonchev–Trinajstić information content (AvgIpc) is 2.72. The Morgan fingerprint density at radius 2 is 1.94 bits per heavy atom. The Morgan fingerprint density at radius 1 is 1.28 bits per heavy atom. The minimum atomic E-state index is -3.11. The van der Waals surface area contributed by atoms with Gasteiger partial charge in [0.25, 0.3) is 0 Å². The van der Waals surface area contributed by atoms with E-state index >= 15 is 0 Å². The van der Waals surface area contributed by atoms with Crippen LogP contribution in [-0.4, -0.2) is 19.0 Å². The zero-order chi connectivity index (χ0) is 13.2. The highest BCUT2D eigenvalue weighted by molar-refractivity contribution is 7.90. The summed E-state index contributed by atoms with van der Waals surface area (Å²) in [4.78, 5) is 0.347. The maximum atomic E-state index is 11.3. The molecular weight excluding hydrogens is 268 g/mol. The van der Waals surface area contributed by atoms with Gasteiger partial charge in [0.1, 0.15) is 0 Å². The topological polar surface area (TPSA) is 59.1 Å². The van der Waals surface area contributed by atoms with Crippen LogP contribution < -0.4 is 5.32 Å². The summed E-state index contributed by atoms with van der Waals surface area (Å²) in [6, 6.07) is 6.90. The van der Waals surface area contributed by atoms with Crippen molar-refractivity contribution in [1.29, 1.82) is 0 Å². The number of sulfone groups is 1. The smallest absolute Gasteiger partial charge is 0.175 e. The van der Waals surface area contributed by atoms with Crippen LogP contribution in [0.2, 0.25) is 0 Å². The van der Waals surface area contributed by atoms with Gasteiger partial charge in [0.05, 0.1) is 16.3 Å². The summed E-state index contributed by atoms with van der Waals surface area (Å²) in [5.74, 6) is 0. The van der Waals surface area contributed by atoms with Crippen LogP contribution in [-0.2, 0) is 16.4 Å². The fraction of sp³-hybridized carbons (Fsp3) is 0.250. The summed E-state index contributed by atoms with van der Waals surface area (Å²) >= 11 is 1.42. The summed E-state index contributed by atoms with van der Waals surface area (Å²) in [7, 11) is -3.11. The van der Waals surface area contributed by atoms with Crippen molar-refractivity contribution in [3.05, 3.63) is 40.9 Å². The maximum absolute atomic E-state index is 11.3. The first-order valence-corrected chi connectivity index (χ1v) is 8.13. The number of aromatic nitrogens is 1. The lowest BCUT2D eigenvalue weighted by Crippen LogP contribution is -2.01. The van der Waals surface area contributed by atoms with Gasteiger partial charge in [0.2, 0.25) is 0 Å². The first kappa shape index (κ1) is 13.0. The van der Waals surface area contributed by atoms with Crippen LogP contribution in [0.15, 0.2) is 34.5 Å². The molecule has 0 spiro atoms. The molecule has 6 heteroatoms. The molecule has 4 nitrogen and oxygen atoms in total. The lowest BCUT2D eigenvalue weighted by atomic mass is 10.2. The summed E-state index contributed by atoms with van der Waals surface area (Å²) in [6.07, 6.45) is 1.21. The molecule has 1 heterocycles. The molecule has 0 unspecified atom stereocenters. The van der Waals surface area contributed by atoms with Crippen molar-refractivity contribution in [3.63, 3.8) is 0 Å². The molecule has 0 radical (unpaired) electrons. The first-order chi connectivity index (χ1) is 8.47. The number of nitrogens with one attached hydrogen (secondary N) is 1. The molecule has 0 aliphatic carbocycles. The van der Waals surface area contributed by atoms with Crippen molar-refractivity contribution in [2.75, 3.05) is 11.6 Å². The van der Waals surface area contributed by atoms with Crippen LogP contribution >= 0.6 is 11.5 Å². The lowest BCUT2D eigenvalue weighted by Gasteiger charge is -2.06. The molecule has 1 N–H and O–H groups in total. The van der Waals surface area contributed by atoms with E-state index in [0.717, 1.165) is 16.9 Å². The second-order valence-electron chi connectivity index (χ2n) is 4.08. The Bertz CT molecular complexity index is 630. The van der Waals surface area contributed by atoms with Crippen molar-refractivity contribution < 1.29 is 8.42 Å². The Labute approximate surface area is 111 Å². The van der Waals surface area contributed by atoms with Crippen molar-refractivity contribution in [2.24, 2.45) is 0 Å². The third-order valence-corrected chi connectivity index (χ3v) is 4.43. The summed E-state index contributed by atoms with van der Waals surface area (Å²) in [5.41, 5.74) is 3.04. The molecule has 0 fully saturated rings. The van der Waals surface area contributed by atoms with Gasteiger partial charge >= 0.3 is 0 Å². The van der Waals surface area contributed by atoms with Crippen molar-refractivity contribution in [2.45, 2.75) is 18.4 Å². The molecule has 0 aliphatic rings. The molecule has 2 aromatic rings. The highest BCUT2D eigenvalue weighted by atomic mass is 32.2. The lowest BCUT2D eigenvalue weighted by molar-refractivity contribution is 0.602. The van der Waals surface area contributed by atoms with E-state index in [4.69, 9.17) is 0 Å². The molecule has 18 heavy (non-hydrogen) atoms. The number of rotatable bonds is 4. The Kier molecular flexibility index (Phi) is 3.68. The minimum Gasteiger partial charge on any atom is -0.379 e. The predicted molar refractivity (Wildman–Crippen MR) is 73.7 cm³/mol. The van der Waals surface area contributed by atoms with E-state index < -0.39 is 9.84 Å². The van der Waals surface area contributed by atoms with Gasteiger partial charge in [-0.3, -0.25) is 0 Å². The van der Waals surface area contributed by atoms with Crippen molar-refractivity contribution in [3.8, 4) is 0 Å². The van der Waals surface area contributed by atoms with E-state index in [9.17, 15) is 8.42 Å². The Balaban J connectivity index is 2.05. The number of hydrogen-bond acceptors (Lipinski definition) is 5. The zero-order valence-corrected chi connectivity index (χ0v) is 11.8. The molecule has 0 saturated heterocycles. The van der Waals surface area contributed by atoms with Crippen LogP contribution in [0, 0.1) is 6.92 Å². The molecule has 0 atom stereocenters. The summed E-state index contributed by atoms with van der Waals surface area (Å²) in [5, 5.41) is 5.22. The van der Waals surface area contributed by atoms with E-state index in [-0.39, 0.29) is 0 Å². The van der Waals surface area contributed by atoms with Crippen molar-refractivity contribution >= 4 is 27.1 Å². The zero-order valence-electron chi connectivity index (χ0n) is 10.2. The van der Waals surface area contributed by atoms with Crippen LogP contribution in [0.5, 0.6) is 0 Å². The van der Waals surface area contributed by atoms with E-state index in [1.165, 1.54) is 17.8 Å². The van der Waals surface area contributed by atoms with E-state index in [1.54, 1.807) is 12.1 Å². The minimum absolute atomic E-state index is 0.347. The van der Waals surface area contributed by atoms with Gasteiger partial charge in [-0.05, 0) is 36.2 Å². The predicted octanol–water partition coefficient (Wildman–Crippen LogP) is 2.47. The average molecular weight is 282 g/mol. The van der Waals surface area contributed by atoms with Crippen LogP contribution in [0.3, 0.4) is 0 Å². The van der Waals surface area contributed by atoms with E-state index in [0.29, 0.717) is 11.4 Å². The first-order valence-electron chi connectivity index (χ1n) is 5.40. The SMILES string of the molecule is Cc1nscc1NCc1ccc(S(C)(=O)=O)cc1. The maximum Gasteiger partial charge on any atom is 0.175 e. The van der Waals surface area contributed by atoms with Crippen LogP contribution in [0.4, 0.5) is 5.69 Å². The molecule has 1 aromatic heterocycles. The highest BCUT2D eigenvalue weighted by Gasteiger charge is 2.06. The van der Waals surface area contributed by atoms with Gasteiger partial charge in [0.15, 0.2) is 9.84 Å². The third kappa shape index (κ3) is 3.08. The van der Waals surface area contributed by atoms with Gasteiger partial charge in [0, 0.05) is 18.2 Å². The molecule has 0 aliphatic heterocycles. The van der Waals surface area contributed by atoms with Gasteiger partial charge in [-0.15, -0.1) is 0 Å². The van der Waals surface area contributed by atoms with Gasteiger partial charge in [-0.25, -0.2) is 8.42 Å². The van der Waals surface area contributed by atoms with E-state index in [1.807, 2.05) is 24.4 Å². The molecule has 0 bridgehead atoms. The fourth-order valence-electron chi connectivity index (χ4n) is 1.51. The number of aryl methyl sites for hydroxylation is 1. The highest BCUT2D eigenvalue weighted by Crippen LogP contribution is 2.17. The largest absolute Gasteiger partial charge is 0.379 e.